The van der Waals surface area contributed by atoms with Gasteiger partial charge in [-0.05, 0) is 13.8 Å². The lowest BCUT2D eigenvalue weighted by atomic mass is 10.2. The van der Waals surface area contributed by atoms with Gasteiger partial charge >= 0.3 is 6.18 Å². The van der Waals surface area contributed by atoms with E-state index >= 15 is 0 Å². The number of hydrogen-bond acceptors (Lipinski definition) is 3. The van der Waals surface area contributed by atoms with E-state index in [9.17, 15) is 13.2 Å². The second-order valence-corrected chi connectivity index (χ2v) is 6.46. The monoisotopic (exact) mass is 370 g/mol. The van der Waals surface area contributed by atoms with Crippen molar-refractivity contribution in [1.29, 1.82) is 0 Å². The predicted molar refractivity (Wildman–Crippen MR) is 95.8 cm³/mol. The zero-order valence-corrected chi connectivity index (χ0v) is 15.0. The molecule has 136 valence electrons. The molecule has 0 atom stereocenters. The van der Waals surface area contributed by atoms with Crippen LogP contribution in [0.15, 0.2) is 35.3 Å². The third-order valence-electron chi connectivity index (χ3n) is 3.34. The fraction of sp³-hybridized carbons (Fsp3) is 0.412. The number of thiazole rings is 1. The van der Waals surface area contributed by atoms with Crippen LogP contribution in [0.5, 0.6) is 0 Å². The number of aromatic nitrogens is 1. The average molecular weight is 370 g/mol. The molecule has 0 aliphatic heterocycles. The summed E-state index contributed by atoms with van der Waals surface area (Å²) in [5, 5.41) is 6.58. The highest BCUT2D eigenvalue weighted by Crippen LogP contribution is 2.28. The smallest absolute Gasteiger partial charge is 0.357 e. The normalized spacial score (nSPS) is 12.3. The van der Waals surface area contributed by atoms with Gasteiger partial charge in [-0.2, -0.15) is 13.2 Å². The van der Waals surface area contributed by atoms with E-state index in [2.05, 4.69) is 20.6 Å². The van der Waals surface area contributed by atoms with Crippen molar-refractivity contribution in [3.63, 3.8) is 0 Å². The average Bonchev–Trinajstić information content (AvgIpc) is 2.93. The minimum absolute atomic E-state index is 0.202. The van der Waals surface area contributed by atoms with Crippen LogP contribution in [0.25, 0.3) is 10.6 Å². The molecule has 25 heavy (non-hydrogen) atoms. The number of alkyl halides is 3. The molecule has 2 N–H and O–H groups in total. The Morgan fingerprint density at radius 1 is 1.20 bits per heavy atom. The molecule has 2 aromatic rings. The predicted octanol–water partition coefficient (Wildman–Crippen LogP) is 4.13. The topological polar surface area (TPSA) is 49.3 Å². The van der Waals surface area contributed by atoms with E-state index in [1.54, 1.807) is 11.3 Å². The highest BCUT2D eigenvalue weighted by molar-refractivity contribution is 7.15. The van der Waals surface area contributed by atoms with Crippen LogP contribution in [0.1, 0.15) is 23.9 Å². The van der Waals surface area contributed by atoms with E-state index in [1.807, 2.05) is 44.2 Å². The zero-order valence-electron chi connectivity index (χ0n) is 14.2. The van der Waals surface area contributed by atoms with Crippen molar-refractivity contribution < 1.29 is 13.2 Å². The van der Waals surface area contributed by atoms with E-state index in [1.165, 1.54) is 0 Å². The molecule has 2 rings (SSSR count). The largest absolute Gasteiger partial charge is 0.390 e. The second kappa shape index (κ2) is 8.84. The third kappa shape index (κ3) is 6.38. The quantitative estimate of drug-likeness (QED) is 0.594. The van der Waals surface area contributed by atoms with Crippen LogP contribution < -0.4 is 10.6 Å². The number of hydrogen-bond donors (Lipinski definition) is 2. The van der Waals surface area contributed by atoms with E-state index in [0.717, 1.165) is 21.1 Å². The summed E-state index contributed by atoms with van der Waals surface area (Å²) in [5.41, 5.74) is 1.93. The molecule has 1 heterocycles. The summed E-state index contributed by atoms with van der Waals surface area (Å²) < 4.78 is 36.8. The summed E-state index contributed by atoms with van der Waals surface area (Å²) in [6.07, 6.45) is -5.07. The Bertz CT molecular complexity index is 696. The number of guanidine groups is 1. The lowest BCUT2D eigenvalue weighted by molar-refractivity contribution is -0.132. The number of aryl methyl sites for hydroxylation is 1. The van der Waals surface area contributed by atoms with Gasteiger partial charge in [-0.25, -0.2) is 9.98 Å². The highest BCUT2D eigenvalue weighted by atomic mass is 32.1. The van der Waals surface area contributed by atoms with Gasteiger partial charge in [-0.3, -0.25) is 0 Å². The summed E-state index contributed by atoms with van der Waals surface area (Å²) in [6, 6.07) is 9.85. The Labute approximate surface area is 149 Å². The molecule has 1 aromatic heterocycles. The van der Waals surface area contributed by atoms with Crippen molar-refractivity contribution in [2.24, 2.45) is 4.99 Å². The molecule has 0 bridgehead atoms. The fourth-order valence-electron chi connectivity index (χ4n) is 2.09. The van der Waals surface area contributed by atoms with Crippen LogP contribution in [0.3, 0.4) is 0 Å². The summed E-state index contributed by atoms with van der Waals surface area (Å²) in [7, 11) is 0. The number of rotatable bonds is 6. The maximum Gasteiger partial charge on any atom is 0.390 e. The van der Waals surface area contributed by atoms with Crippen molar-refractivity contribution >= 4 is 17.3 Å². The summed E-state index contributed by atoms with van der Waals surface area (Å²) in [5.74, 6) is 0.376. The lowest BCUT2D eigenvalue weighted by Gasteiger charge is -2.12. The maximum absolute atomic E-state index is 12.3. The first-order valence-corrected chi connectivity index (χ1v) is 8.81. The van der Waals surface area contributed by atoms with Crippen molar-refractivity contribution in [2.45, 2.75) is 33.0 Å². The Hall–Kier alpha value is -2.09. The summed E-state index contributed by atoms with van der Waals surface area (Å²) >= 11 is 1.55. The Morgan fingerprint density at radius 2 is 1.92 bits per heavy atom. The van der Waals surface area contributed by atoms with Gasteiger partial charge in [-0.1, -0.05) is 30.3 Å². The van der Waals surface area contributed by atoms with Crippen LogP contribution in [-0.4, -0.2) is 30.2 Å². The molecule has 1 aromatic carbocycles. The molecule has 0 spiro atoms. The molecule has 0 aliphatic carbocycles. The van der Waals surface area contributed by atoms with Crippen LogP contribution in [-0.2, 0) is 6.54 Å². The number of halogens is 3. The first kappa shape index (κ1) is 19.2. The van der Waals surface area contributed by atoms with Crippen molar-refractivity contribution in [2.75, 3.05) is 13.1 Å². The van der Waals surface area contributed by atoms with Gasteiger partial charge in [0, 0.05) is 23.5 Å². The van der Waals surface area contributed by atoms with Crippen LogP contribution >= 0.6 is 11.3 Å². The van der Waals surface area contributed by atoms with Gasteiger partial charge in [0.05, 0.1) is 18.7 Å². The number of nitrogens with one attached hydrogen (secondary N) is 2. The molecule has 0 amide bonds. The van der Waals surface area contributed by atoms with Crippen LogP contribution in [0.2, 0.25) is 0 Å². The first-order valence-electron chi connectivity index (χ1n) is 7.99. The third-order valence-corrected chi connectivity index (χ3v) is 4.53. The van der Waals surface area contributed by atoms with E-state index in [-0.39, 0.29) is 6.54 Å². The molecule has 0 radical (unpaired) electrons. The molecular formula is C17H21F3N4S. The SMILES string of the molecule is CCNC(=NCc1sc(-c2ccccc2)nc1C)NCCC(F)(F)F. The van der Waals surface area contributed by atoms with Crippen molar-refractivity contribution in [3.8, 4) is 10.6 Å². The van der Waals surface area contributed by atoms with Gasteiger partial charge in [0.25, 0.3) is 0 Å². The molecule has 4 nitrogen and oxygen atoms in total. The lowest BCUT2D eigenvalue weighted by Crippen LogP contribution is -2.38. The van der Waals surface area contributed by atoms with Crippen LogP contribution in [0, 0.1) is 6.92 Å². The minimum atomic E-state index is -4.18. The number of aliphatic imine (C=N–C) groups is 1. The maximum atomic E-state index is 12.3. The Morgan fingerprint density at radius 3 is 2.56 bits per heavy atom. The van der Waals surface area contributed by atoms with E-state index in [0.29, 0.717) is 19.0 Å². The fourth-order valence-corrected chi connectivity index (χ4v) is 3.09. The molecule has 0 saturated carbocycles. The van der Waals surface area contributed by atoms with E-state index in [4.69, 9.17) is 0 Å². The van der Waals surface area contributed by atoms with Gasteiger partial charge in [-0.15, -0.1) is 11.3 Å². The van der Waals surface area contributed by atoms with Crippen molar-refractivity contribution in [1.82, 2.24) is 15.6 Å². The van der Waals surface area contributed by atoms with Gasteiger partial charge < -0.3 is 10.6 Å². The molecular weight excluding hydrogens is 349 g/mol. The molecule has 0 unspecified atom stereocenters. The molecule has 0 aliphatic rings. The Kier molecular flexibility index (Phi) is 6.81. The van der Waals surface area contributed by atoms with Gasteiger partial charge in [0.1, 0.15) is 5.01 Å². The standard InChI is InChI=1S/C17H21F3N4S/c1-3-21-16(22-10-9-17(18,19)20)23-11-14-12(2)24-15(25-14)13-7-5-4-6-8-13/h4-8H,3,9-11H2,1-2H3,(H2,21,22,23). The van der Waals surface area contributed by atoms with Crippen molar-refractivity contribution in [3.05, 3.63) is 40.9 Å². The van der Waals surface area contributed by atoms with Gasteiger partial charge in [0.15, 0.2) is 5.96 Å². The minimum Gasteiger partial charge on any atom is -0.357 e. The Balaban J connectivity index is 2.03. The zero-order chi connectivity index (χ0) is 18.3. The number of benzene rings is 1. The highest BCUT2D eigenvalue weighted by Gasteiger charge is 2.26. The van der Waals surface area contributed by atoms with Crippen LogP contribution in [0.4, 0.5) is 13.2 Å². The summed E-state index contributed by atoms with van der Waals surface area (Å²) in [6.45, 7) is 4.53. The molecule has 0 fully saturated rings. The molecule has 8 heteroatoms. The second-order valence-electron chi connectivity index (χ2n) is 5.38. The van der Waals surface area contributed by atoms with Gasteiger partial charge in [0.2, 0.25) is 0 Å². The number of nitrogens with zero attached hydrogens (tertiary/aromatic N) is 2. The summed E-state index contributed by atoms with van der Waals surface area (Å²) in [4.78, 5) is 9.92. The molecule has 0 saturated heterocycles. The van der Waals surface area contributed by atoms with E-state index < -0.39 is 12.6 Å². The first-order chi connectivity index (χ1) is 11.9.